The van der Waals surface area contributed by atoms with Gasteiger partial charge < -0.3 is 18.2 Å². The smallest absolute Gasteiger partial charge is 0.422 e. The molecule has 3 rings (SSSR count). The molecule has 2 heterocycles. The molecule has 1 saturated heterocycles. The number of nitrogens with zero attached hydrogens (tertiary/aromatic N) is 1. The van der Waals surface area contributed by atoms with Gasteiger partial charge in [0, 0.05) is 31.0 Å². The Labute approximate surface area is 162 Å². The van der Waals surface area contributed by atoms with Crippen molar-refractivity contribution in [1.82, 2.24) is 0 Å². The van der Waals surface area contributed by atoms with E-state index in [2.05, 4.69) is 4.18 Å². The molecule has 158 valence electrons. The first-order chi connectivity index (χ1) is 13.5. The van der Waals surface area contributed by atoms with E-state index in [0.717, 1.165) is 12.1 Å². The third kappa shape index (κ3) is 4.08. The van der Waals surface area contributed by atoms with E-state index in [1.807, 2.05) is 0 Å². The average molecular weight is 435 g/mol. The van der Waals surface area contributed by atoms with Crippen molar-refractivity contribution in [2.75, 3.05) is 31.2 Å². The summed E-state index contributed by atoms with van der Waals surface area (Å²) in [5.74, 6) is -1.14. The topological polar surface area (TPSA) is 103 Å². The number of morpholine rings is 1. The van der Waals surface area contributed by atoms with E-state index in [4.69, 9.17) is 9.15 Å². The van der Waals surface area contributed by atoms with E-state index < -0.39 is 32.8 Å². The molecule has 0 aliphatic carbocycles. The van der Waals surface area contributed by atoms with Crippen LogP contribution in [0, 0.1) is 0 Å². The molecule has 0 amide bonds. The number of halogens is 3. The molecular weight excluding hydrogens is 419 g/mol. The fourth-order valence-electron chi connectivity index (χ4n) is 2.93. The molecule has 1 aromatic heterocycles. The van der Waals surface area contributed by atoms with Gasteiger partial charge in [0.2, 0.25) is 0 Å². The van der Waals surface area contributed by atoms with E-state index in [1.54, 1.807) is 11.8 Å². The van der Waals surface area contributed by atoms with Gasteiger partial charge >= 0.3 is 21.3 Å². The lowest BCUT2D eigenvalue weighted by atomic mass is 10.0. The van der Waals surface area contributed by atoms with Crippen molar-refractivity contribution < 1.29 is 39.7 Å². The number of hydrogen-bond donors (Lipinski definition) is 0. The lowest BCUT2D eigenvalue weighted by molar-refractivity contribution is -0.0500. The van der Waals surface area contributed by atoms with Crippen LogP contribution < -0.4 is 14.7 Å². The molecule has 1 aromatic carbocycles. The predicted octanol–water partition coefficient (Wildman–Crippen LogP) is 2.45. The van der Waals surface area contributed by atoms with Gasteiger partial charge in [-0.2, -0.15) is 21.6 Å². The van der Waals surface area contributed by atoms with E-state index >= 15 is 0 Å². The van der Waals surface area contributed by atoms with Crippen LogP contribution in [0.3, 0.4) is 0 Å². The quantitative estimate of drug-likeness (QED) is 0.305. The van der Waals surface area contributed by atoms with Gasteiger partial charge in [0.15, 0.2) is 5.78 Å². The maximum absolute atomic E-state index is 12.5. The molecule has 0 spiro atoms. The van der Waals surface area contributed by atoms with E-state index in [-0.39, 0.29) is 28.6 Å². The lowest BCUT2D eigenvalue weighted by Gasteiger charge is -2.30. The molecular formula is C17H16F3NO7S. The molecule has 12 heteroatoms. The van der Waals surface area contributed by atoms with E-state index in [0.29, 0.717) is 26.3 Å². The Kier molecular flexibility index (Phi) is 5.59. The van der Waals surface area contributed by atoms with Crippen LogP contribution in [0.15, 0.2) is 27.4 Å². The largest absolute Gasteiger partial charge is 0.534 e. The first kappa shape index (κ1) is 21.1. The molecule has 0 bridgehead atoms. The summed E-state index contributed by atoms with van der Waals surface area (Å²) in [5.41, 5.74) is -6.69. The van der Waals surface area contributed by atoms with Gasteiger partial charge in [-0.15, -0.1) is 0 Å². The third-order valence-corrected chi connectivity index (χ3v) is 5.25. The van der Waals surface area contributed by atoms with Gasteiger partial charge in [-0.25, -0.2) is 4.79 Å². The van der Waals surface area contributed by atoms with Gasteiger partial charge in [0.1, 0.15) is 16.9 Å². The zero-order valence-corrected chi connectivity index (χ0v) is 15.9. The predicted molar refractivity (Wildman–Crippen MR) is 95.7 cm³/mol. The summed E-state index contributed by atoms with van der Waals surface area (Å²) in [6.07, 6.45) is 0.0403. The third-order valence-electron chi connectivity index (χ3n) is 4.27. The Morgan fingerprint density at radius 3 is 2.48 bits per heavy atom. The minimum Gasteiger partial charge on any atom is -0.422 e. The van der Waals surface area contributed by atoms with E-state index in [9.17, 15) is 31.2 Å². The highest BCUT2D eigenvalue weighted by atomic mass is 32.2. The normalized spacial score (nSPS) is 15.5. The minimum absolute atomic E-state index is 0.0403. The monoisotopic (exact) mass is 435 g/mol. The first-order valence-electron chi connectivity index (χ1n) is 8.52. The van der Waals surface area contributed by atoms with Crippen molar-refractivity contribution in [3.05, 3.63) is 34.2 Å². The van der Waals surface area contributed by atoms with Crippen molar-refractivity contribution >= 4 is 32.6 Å². The van der Waals surface area contributed by atoms with Crippen LogP contribution in [0.1, 0.15) is 23.7 Å². The van der Waals surface area contributed by atoms with Crippen LogP contribution in [-0.4, -0.2) is 46.0 Å². The Morgan fingerprint density at radius 2 is 1.90 bits per heavy atom. The second kappa shape index (κ2) is 7.67. The number of fused-ring (bicyclic) bond motifs is 1. The number of carbonyl (C=O) groups is 1. The molecule has 0 N–H and O–H groups in total. The first-order valence-corrected chi connectivity index (χ1v) is 9.93. The molecule has 0 radical (unpaired) electrons. The van der Waals surface area contributed by atoms with Crippen molar-refractivity contribution in [3.8, 4) is 5.75 Å². The van der Waals surface area contributed by atoms with Gasteiger partial charge in [-0.1, -0.05) is 6.92 Å². The molecule has 0 unspecified atom stereocenters. The van der Waals surface area contributed by atoms with Gasteiger partial charge in [0.05, 0.1) is 18.9 Å². The highest BCUT2D eigenvalue weighted by Crippen LogP contribution is 2.34. The number of ketones is 1. The second-order valence-corrected chi connectivity index (χ2v) is 7.67. The van der Waals surface area contributed by atoms with Crippen LogP contribution in [-0.2, 0) is 14.9 Å². The van der Waals surface area contributed by atoms with Crippen molar-refractivity contribution in [2.24, 2.45) is 0 Å². The van der Waals surface area contributed by atoms with Gasteiger partial charge in [0.25, 0.3) is 0 Å². The Morgan fingerprint density at radius 1 is 1.24 bits per heavy atom. The number of anilines is 1. The van der Waals surface area contributed by atoms with Crippen molar-refractivity contribution in [3.63, 3.8) is 0 Å². The molecule has 8 nitrogen and oxygen atoms in total. The SMILES string of the molecule is CCC(=O)c1c(N2CCOCC2)c2ccc(OS(=O)(=O)C(F)(F)F)cc2oc1=O. The van der Waals surface area contributed by atoms with Gasteiger partial charge in [-0.3, -0.25) is 4.79 Å². The number of hydrogen-bond acceptors (Lipinski definition) is 8. The number of carbonyl (C=O) groups excluding carboxylic acids is 1. The molecule has 0 saturated carbocycles. The van der Waals surface area contributed by atoms with Crippen LogP contribution in [0.4, 0.5) is 18.9 Å². The Hall–Kier alpha value is -2.60. The Balaban J connectivity index is 2.18. The number of Topliss-reactive ketones (excluding diaryl/α,β-unsaturated/α-hetero) is 1. The number of benzene rings is 1. The summed E-state index contributed by atoms with van der Waals surface area (Å²) in [6, 6.07) is 3.11. The molecule has 29 heavy (non-hydrogen) atoms. The fourth-order valence-corrected chi connectivity index (χ4v) is 3.38. The van der Waals surface area contributed by atoms with Crippen molar-refractivity contribution in [2.45, 2.75) is 18.9 Å². The number of rotatable bonds is 5. The highest BCUT2D eigenvalue weighted by molar-refractivity contribution is 7.88. The summed E-state index contributed by atoms with van der Waals surface area (Å²) < 4.78 is 74.5. The van der Waals surface area contributed by atoms with Crippen LogP contribution >= 0.6 is 0 Å². The molecule has 1 aliphatic heterocycles. The maximum Gasteiger partial charge on any atom is 0.534 e. The summed E-state index contributed by atoms with van der Waals surface area (Å²) >= 11 is 0. The second-order valence-electron chi connectivity index (χ2n) is 6.13. The maximum atomic E-state index is 12.5. The van der Waals surface area contributed by atoms with Crippen LogP contribution in [0.25, 0.3) is 11.0 Å². The standard InChI is InChI=1S/C17H16F3NO7S/c1-2-12(22)14-15(21-5-7-26-8-6-21)11-4-3-10(9-13(11)27-16(14)23)28-29(24,25)17(18,19)20/h3-4,9H,2,5-8H2,1H3. The molecule has 0 atom stereocenters. The Bertz CT molecular complexity index is 1100. The summed E-state index contributed by atoms with van der Waals surface area (Å²) in [7, 11) is -5.89. The summed E-state index contributed by atoms with van der Waals surface area (Å²) in [4.78, 5) is 26.6. The average Bonchev–Trinajstić information content (AvgIpc) is 2.65. The highest BCUT2D eigenvalue weighted by Gasteiger charge is 2.48. The molecule has 1 fully saturated rings. The molecule has 1 aliphatic rings. The zero-order valence-electron chi connectivity index (χ0n) is 15.1. The fraction of sp³-hybridized carbons (Fsp3) is 0.412. The lowest BCUT2D eigenvalue weighted by Crippen LogP contribution is -2.38. The molecule has 2 aromatic rings. The van der Waals surface area contributed by atoms with Gasteiger partial charge in [-0.05, 0) is 12.1 Å². The van der Waals surface area contributed by atoms with Crippen LogP contribution in [0.2, 0.25) is 0 Å². The van der Waals surface area contributed by atoms with E-state index in [1.165, 1.54) is 6.07 Å². The summed E-state index contributed by atoms with van der Waals surface area (Å²) in [6.45, 7) is 3.04. The van der Waals surface area contributed by atoms with Crippen molar-refractivity contribution in [1.29, 1.82) is 0 Å². The minimum atomic E-state index is -5.89. The zero-order chi connectivity index (χ0) is 21.4. The number of ether oxygens (including phenoxy) is 1. The van der Waals surface area contributed by atoms with Crippen LogP contribution in [0.5, 0.6) is 5.75 Å². The number of alkyl halides is 3. The summed E-state index contributed by atoms with van der Waals surface area (Å²) in [5, 5.41) is 0.264.